The van der Waals surface area contributed by atoms with Gasteiger partial charge in [0, 0.05) is 23.6 Å². The molecule has 0 spiro atoms. The lowest BCUT2D eigenvalue weighted by atomic mass is 10.1. The first kappa shape index (κ1) is 19.1. The predicted molar refractivity (Wildman–Crippen MR) is 109 cm³/mol. The SMILES string of the molecule is CCCSC(Cc1ccccn1)c1ccc(OC)c(OC2CCCC2)c1. The average molecular weight is 372 g/mol. The van der Waals surface area contributed by atoms with Crippen LogP contribution < -0.4 is 9.47 Å². The first-order chi connectivity index (χ1) is 12.8. The monoisotopic (exact) mass is 371 g/mol. The van der Waals surface area contributed by atoms with Crippen LogP contribution in [-0.4, -0.2) is 24.0 Å². The third kappa shape index (κ3) is 5.16. The van der Waals surface area contributed by atoms with Gasteiger partial charge in [0.2, 0.25) is 0 Å². The lowest BCUT2D eigenvalue weighted by molar-refractivity contribution is 0.200. The van der Waals surface area contributed by atoms with Crippen LogP contribution >= 0.6 is 11.8 Å². The van der Waals surface area contributed by atoms with Gasteiger partial charge in [-0.05, 0) is 67.7 Å². The largest absolute Gasteiger partial charge is 0.493 e. The molecule has 2 aromatic rings. The number of rotatable bonds is 9. The highest BCUT2D eigenvalue weighted by molar-refractivity contribution is 7.99. The molecule has 1 heterocycles. The van der Waals surface area contributed by atoms with Crippen molar-refractivity contribution in [2.24, 2.45) is 0 Å². The number of thioether (sulfide) groups is 1. The molecule has 1 atom stereocenters. The van der Waals surface area contributed by atoms with E-state index < -0.39 is 0 Å². The fraction of sp³-hybridized carbons (Fsp3) is 0.500. The summed E-state index contributed by atoms with van der Waals surface area (Å²) in [6.45, 7) is 2.23. The van der Waals surface area contributed by atoms with E-state index in [1.54, 1.807) is 7.11 Å². The first-order valence-corrected chi connectivity index (χ1v) is 10.7. The summed E-state index contributed by atoms with van der Waals surface area (Å²) in [4.78, 5) is 4.52. The number of ether oxygens (including phenoxy) is 2. The van der Waals surface area contributed by atoms with E-state index in [-0.39, 0.29) is 0 Å². The van der Waals surface area contributed by atoms with Crippen molar-refractivity contribution in [1.29, 1.82) is 0 Å². The lowest BCUT2D eigenvalue weighted by Gasteiger charge is -2.21. The Morgan fingerprint density at radius 1 is 1.15 bits per heavy atom. The Balaban J connectivity index is 1.82. The summed E-state index contributed by atoms with van der Waals surface area (Å²) in [5.41, 5.74) is 2.43. The zero-order valence-corrected chi connectivity index (χ0v) is 16.6. The van der Waals surface area contributed by atoms with Gasteiger partial charge in [-0.15, -0.1) is 0 Å². The van der Waals surface area contributed by atoms with Crippen molar-refractivity contribution in [2.45, 2.75) is 56.8 Å². The van der Waals surface area contributed by atoms with E-state index in [4.69, 9.17) is 9.47 Å². The van der Waals surface area contributed by atoms with E-state index in [9.17, 15) is 0 Å². The van der Waals surface area contributed by atoms with E-state index in [2.05, 4.69) is 42.2 Å². The van der Waals surface area contributed by atoms with Crippen LogP contribution in [0.1, 0.15) is 55.5 Å². The number of benzene rings is 1. The second-order valence-electron chi connectivity index (χ2n) is 6.82. The minimum atomic E-state index is 0.330. The number of hydrogen-bond donors (Lipinski definition) is 0. The van der Waals surface area contributed by atoms with Crippen molar-refractivity contribution in [1.82, 2.24) is 4.98 Å². The van der Waals surface area contributed by atoms with Gasteiger partial charge in [0.15, 0.2) is 11.5 Å². The second-order valence-corrected chi connectivity index (χ2v) is 8.13. The molecule has 0 aliphatic heterocycles. The second kappa shape index (κ2) is 9.86. The molecular formula is C22H29NO2S. The molecule has 1 aromatic heterocycles. The zero-order chi connectivity index (χ0) is 18.2. The highest BCUT2D eigenvalue weighted by atomic mass is 32.2. The summed E-state index contributed by atoms with van der Waals surface area (Å²) in [6.07, 6.45) is 9.13. The van der Waals surface area contributed by atoms with Gasteiger partial charge in [0.05, 0.1) is 13.2 Å². The molecule has 1 aliphatic carbocycles. The maximum Gasteiger partial charge on any atom is 0.161 e. The highest BCUT2D eigenvalue weighted by Crippen LogP contribution is 2.38. The summed E-state index contributed by atoms with van der Waals surface area (Å²) in [5, 5.41) is 0.377. The maximum absolute atomic E-state index is 6.29. The maximum atomic E-state index is 6.29. The topological polar surface area (TPSA) is 31.4 Å². The van der Waals surface area contributed by atoms with Gasteiger partial charge in [-0.1, -0.05) is 19.1 Å². The Bertz CT molecular complexity index is 671. The third-order valence-electron chi connectivity index (χ3n) is 4.80. The van der Waals surface area contributed by atoms with E-state index in [0.717, 1.165) is 42.2 Å². The summed E-state index contributed by atoms with van der Waals surface area (Å²) in [5.74, 6) is 2.86. The summed E-state index contributed by atoms with van der Waals surface area (Å²) < 4.78 is 11.8. The average Bonchev–Trinajstić information content (AvgIpc) is 3.19. The smallest absolute Gasteiger partial charge is 0.161 e. The van der Waals surface area contributed by atoms with Crippen molar-refractivity contribution in [2.75, 3.05) is 12.9 Å². The van der Waals surface area contributed by atoms with Gasteiger partial charge < -0.3 is 9.47 Å². The minimum Gasteiger partial charge on any atom is -0.493 e. The number of aromatic nitrogens is 1. The summed E-state index contributed by atoms with van der Waals surface area (Å²) >= 11 is 2.00. The standard InChI is InChI=1S/C22H29NO2S/c1-3-14-26-22(16-18-8-6-7-13-23-18)17-11-12-20(24-2)21(15-17)25-19-9-4-5-10-19/h6-8,11-13,15,19,22H,3-5,9-10,14,16H2,1-2H3. The van der Waals surface area contributed by atoms with Crippen LogP contribution in [0, 0.1) is 0 Å². The fourth-order valence-corrected chi connectivity index (χ4v) is 4.56. The molecule has 0 N–H and O–H groups in total. The quantitative estimate of drug-likeness (QED) is 0.554. The molecule has 0 bridgehead atoms. The van der Waals surface area contributed by atoms with Crippen molar-refractivity contribution in [3.8, 4) is 11.5 Å². The molecule has 140 valence electrons. The normalized spacial score (nSPS) is 15.8. The zero-order valence-electron chi connectivity index (χ0n) is 15.8. The molecule has 0 radical (unpaired) electrons. The predicted octanol–water partition coefficient (Wildman–Crippen LogP) is 5.84. The van der Waals surface area contributed by atoms with Crippen LogP contribution in [0.15, 0.2) is 42.6 Å². The van der Waals surface area contributed by atoms with Gasteiger partial charge in [-0.2, -0.15) is 11.8 Å². The summed E-state index contributed by atoms with van der Waals surface area (Å²) in [7, 11) is 1.72. The molecule has 4 heteroatoms. The number of methoxy groups -OCH3 is 1. The molecule has 3 nitrogen and oxygen atoms in total. The molecule has 0 amide bonds. The van der Waals surface area contributed by atoms with Gasteiger partial charge in [0.1, 0.15) is 0 Å². The molecule has 26 heavy (non-hydrogen) atoms. The minimum absolute atomic E-state index is 0.330. The van der Waals surface area contributed by atoms with Crippen molar-refractivity contribution in [3.05, 3.63) is 53.9 Å². The molecule has 1 saturated carbocycles. The molecule has 3 rings (SSSR count). The highest BCUT2D eigenvalue weighted by Gasteiger charge is 2.21. The van der Waals surface area contributed by atoms with Gasteiger partial charge in [-0.25, -0.2) is 0 Å². The molecule has 1 unspecified atom stereocenters. The van der Waals surface area contributed by atoms with Crippen molar-refractivity contribution in [3.63, 3.8) is 0 Å². The van der Waals surface area contributed by atoms with Gasteiger partial charge in [-0.3, -0.25) is 4.98 Å². The molecule has 1 aliphatic rings. The number of hydrogen-bond acceptors (Lipinski definition) is 4. The van der Waals surface area contributed by atoms with E-state index in [0.29, 0.717) is 11.4 Å². The Hall–Kier alpha value is -1.68. The molecule has 1 fully saturated rings. The fourth-order valence-electron chi connectivity index (χ4n) is 3.41. The van der Waals surface area contributed by atoms with Crippen LogP contribution in [-0.2, 0) is 6.42 Å². The number of nitrogens with zero attached hydrogens (tertiary/aromatic N) is 1. The summed E-state index contributed by atoms with van der Waals surface area (Å²) in [6, 6.07) is 12.6. The van der Waals surface area contributed by atoms with Crippen molar-refractivity contribution < 1.29 is 9.47 Å². The Kier molecular flexibility index (Phi) is 7.24. The molecular weight excluding hydrogens is 342 g/mol. The third-order valence-corrected chi connectivity index (χ3v) is 6.28. The van der Waals surface area contributed by atoms with Crippen molar-refractivity contribution >= 4 is 11.8 Å². The molecule has 1 aromatic carbocycles. The van der Waals surface area contributed by atoms with Crippen LogP contribution in [0.4, 0.5) is 0 Å². The lowest BCUT2D eigenvalue weighted by Crippen LogP contribution is -2.12. The number of pyridine rings is 1. The van der Waals surface area contributed by atoms with Gasteiger partial charge in [0.25, 0.3) is 0 Å². The Morgan fingerprint density at radius 2 is 2.00 bits per heavy atom. The van der Waals surface area contributed by atoms with Crippen LogP contribution in [0.5, 0.6) is 11.5 Å². The van der Waals surface area contributed by atoms with Gasteiger partial charge >= 0.3 is 0 Å². The first-order valence-electron chi connectivity index (χ1n) is 9.66. The van der Waals surface area contributed by atoms with Crippen LogP contribution in [0.2, 0.25) is 0 Å². The van der Waals surface area contributed by atoms with E-state index >= 15 is 0 Å². The van der Waals surface area contributed by atoms with E-state index in [1.807, 2.05) is 24.0 Å². The Labute approximate surface area is 161 Å². The molecule has 0 saturated heterocycles. The van der Waals surface area contributed by atoms with E-state index in [1.165, 1.54) is 24.8 Å². The van der Waals surface area contributed by atoms with Crippen LogP contribution in [0.25, 0.3) is 0 Å². The van der Waals surface area contributed by atoms with Crippen LogP contribution in [0.3, 0.4) is 0 Å². The Morgan fingerprint density at radius 3 is 2.69 bits per heavy atom.